The highest BCUT2D eigenvalue weighted by Crippen LogP contribution is 2.52. The van der Waals surface area contributed by atoms with Crippen LogP contribution in [0.5, 0.6) is 5.75 Å². The maximum absolute atomic E-state index is 12.6. The number of fused-ring (bicyclic) bond motifs is 5. The van der Waals surface area contributed by atoms with Gasteiger partial charge in [-0.25, -0.2) is 0 Å². The van der Waals surface area contributed by atoms with E-state index in [1.807, 2.05) is 12.2 Å². The first-order valence-corrected chi connectivity index (χ1v) is 9.74. The standard InChI is InChI=1S/C16H11Br3N2O3/c17-9-4-10(18)14(22)13(19)8(9)5-20-21-15(23)11-6-1-2-7(3-6)12(11)16(21)24/h1-2,4-7,11-12,22H,3H2/t6-,7-,11-,12+/m0/s1. The van der Waals surface area contributed by atoms with E-state index in [0.29, 0.717) is 19.0 Å². The Hall–Kier alpha value is -0.990. The second-order valence-electron chi connectivity index (χ2n) is 6.15. The molecule has 1 aromatic rings. The zero-order valence-corrected chi connectivity index (χ0v) is 16.9. The van der Waals surface area contributed by atoms with Gasteiger partial charge in [0.25, 0.3) is 11.8 Å². The summed E-state index contributed by atoms with van der Waals surface area (Å²) >= 11 is 9.93. The van der Waals surface area contributed by atoms with Crippen LogP contribution in [0.15, 0.2) is 36.7 Å². The van der Waals surface area contributed by atoms with Gasteiger partial charge in [-0.15, -0.1) is 0 Å². The minimum atomic E-state index is -0.269. The van der Waals surface area contributed by atoms with Gasteiger partial charge in [0, 0.05) is 10.0 Å². The van der Waals surface area contributed by atoms with Crippen LogP contribution in [-0.2, 0) is 9.59 Å². The van der Waals surface area contributed by atoms with Gasteiger partial charge in [-0.2, -0.15) is 10.1 Å². The van der Waals surface area contributed by atoms with Gasteiger partial charge >= 0.3 is 0 Å². The summed E-state index contributed by atoms with van der Waals surface area (Å²) in [5, 5.41) is 15.1. The van der Waals surface area contributed by atoms with Gasteiger partial charge in [0.15, 0.2) is 0 Å². The lowest BCUT2D eigenvalue weighted by molar-refractivity contribution is -0.140. The van der Waals surface area contributed by atoms with Crippen molar-refractivity contribution in [2.24, 2.45) is 28.8 Å². The molecule has 2 bridgehead atoms. The molecule has 2 aliphatic carbocycles. The molecule has 0 spiro atoms. The van der Waals surface area contributed by atoms with Crippen LogP contribution in [0.4, 0.5) is 0 Å². The van der Waals surface area contributed by atoms with Crippen LogP contribution in [0, 0.1) is 23.7 Å². The summed E-state index contributed by atoms with van der Waals surface area (Å²) in [6, 6.07) is 1.67. The minimum absolute atomic E-state index is 0.0258. The average Bonchev–Trinajstić information content (AvgIpc) is 3.21. The van der Waals surface area contributed by atoms with E-state index in [1.165, 1.54) is 6.21 Å². The minimum Gasteiger partial charge on any atom is -0.506 e. The number of hydrazone groups is 1. The molecule has 0 aromatic heterocycles. The van der Waals surface area contributed by atoms with Crippen molar-refractivity contribution in [2.75, 3.05) is 0 Å². The Morgan fingerprint density at radius 2 is 1.67 bits per heavy atom. The number of allylic oxidation sites excluding steroid dienone is 2. The van der Waals surface area contributed by atoms with E-state index in [1.54, 1.807) is 6.07 Å². The Morgan fingerprint density at radius 3 is 2.25 bits per heavy atom. The lowest BCUT2D eigenvalue weighted by Crippen LogP contribution is -2.28. The van der Waals surface area contributed by atoms with Gasteiger partial charge in [-0.3, -0.25) is 9.59 Å². The Bertz CT molecular complexity index is 806. The molecule has 5 nitrogen and oxygen atoms in total. The molecule has 0 unspecified atom stereocenters. The smallest absolute Gasteiger partial charge is 0.254 e. The van der Waals surface area contributed by atoms with Crippen LogP contribution in [0.1, 0.15) is 12.0 Å². The maximum atomic E-state index is 12.6. The number of hydrogen-bond acceptors (Lipinski definition) is 4. The molecule has 0 radical (unpaired) electrons. The molecule has 2 fully saturated rings. The molecule has 1 saturated carbocycles. The number of benzene rings is 1. The fourth-order valence-electron chi connectivity index (χ4n) is 3.83. The Balaban J connectivity index is 1.66. The van der Waals surface area contributed by atoms with Crippen molar-refractivity contribution < 1.29 is 14.7 Å². The molecule has 124 valence electrons. The summed E-state index contributed by atoms with van der Waals surface area (Å²) in [4.78, 5) is 25.2. The van der Waals surface area contributed by atoms with Crippen LogP contribution >= 0.6 is 47.8 Å². The average molecular weight is 519 g/mol. The molecule has 24 heavy (non-hydrogen) atoms. The quantitative estimate of drug-likeness (QED) is 0.367. The highest BCUT2D eigenvalue weighted by Gasteiger charge is 2.59. The third kappa shape index (κ3) is 2.26. The second kappa shape index (κ2) is 5.78. The highest BCUT2D eigenvalue weighted by molar-refractivity contribution is 9.11. The largest absolute Gasteiger partial charge is 0.506 e. The Kier molecular flexibility index (Phi) is 3.97. The first kappa shape index (κ1) is 16.5. The van der Waals surface area contributed by atoms with Crippen molar-refractivity contribution in [3.63, 3.8) is 0 Å². The van der Waals surface area contributed by atoms with Crippen molar-refractivity contribution in [3.05, 3.63) is 37.2 Å². The van der Waals surface area contributed by atoms with E-state index in [9.17, 15) is 14.7 Å². The van der Waals surface area contributed by atoms with Crippen LogP contribution in [0.3, 0.4) is 0 Å². The lowest BCUT2D eigenvalue weighted by Gasteiger charge is -2.13. The van der Waals surface area contributed by atoms with Gasteiger partial charge in [-0.1, -0.05) is 28.1 Å². The topological polar surface area (TPSA) is 70.0 Å². The number of rotatable bonds is 2. The number of amides is 2. The van der Waals surface area contributed by atoms with Crippen LogP contribution in [-0.4, -0.2) is 28.1 Å². The number of hydrogen-bond donors (Lipinski definition) is 1. The van der Waals surface area contributed by atoms with Crippen molar-refractivity contribution in [1.29, 1.82) is 0 Å². The van der Waals surface area contributed by atoms with Crippen LogP contribution in [0.2, 0.25) is 0 Å². The van der Waals surface area contributed by atoms with Gasteiger partial charge in [0.05, 0.1) is 27.0 Å². The molecule has 2 amide bonds. The van der Waals surface area contributed by atoms with E-state index < -0.39 is 0 Å². The summed E-state index contributed by atoms with van der Waals surface area (Å²) in [6.07, 6.45) is 6.39. The van der Waals surface area contributed by atoms with Gasteiger partial charge in [-0.05, 0) is 56.2 Å². The normalized spacial score (nSPS) is 30.9. The van der Waals surface area contributed by atoms with Gasteiger partial charge < -0.3 is 5.11 Å². The van der Waals surface area contributed by atoms with E-state index in [0.717, 1.165) is 11.4 Å². The molecular weight excluding hydrogens is 508 g/mol. The Morgan fingerprint density at radius 1 is 1.08 bits per heavy atom. The molecule has 1 saturated heterocycles. The molecule has 4 atom stereocenters. The number of carbonyl (C=O) groups is 2. The number of nitrogens with zero attached hydrogens (tertiary/aromatic N) is 2. The zero-order valence-electron chi connectivity index (χ0n) is 12.1. The number of phenolic OH excluding ortho intramolecular Hbond substituents is 1. The van der Waals surface area contributed by atoms with E-state index >= 15 is 0 Å². The number of halogens is 3. The summed E-state index contributed by atoms with van der Waals surface area (Å²) in [5.74, 6) is -0.653. The van der Waals surface area contributed by atoms with Crippen molar-refractivity contribution in [3.8, 4) is 5.75 Å². The number of imide groups is 1. The third-order valence-electron chi connectivity index (χ3n) is 4.93. The van der Waals surface area contributed by atoms with E-state index in [4.69, 9.17) is 0 Å². The van der Waals surface area contributed by atoms with Crippen molar-refractivity contribution >= 4 is 65.8 Å². The number of phenols is 1. The first-order valence-electron chi connectivity index (χ1n) is 7.36. The lowest BCUT2D eigenvalue weighted by atomic mass is 9.85. The number of carbonyl (C=O) groups excluding carboxylic acids is 2. The van der Waals surface area contributed by atoms with Gasteiger partial charge in [0.1, 0.15) is 5.75 Å². The summed E-state index contributed by atoms with van der Waals surface area (Å²) < 4.78 is 1.61. The molecule has 1 aromatic carbocycles. The summed E-state index contributed by atoms with van der Waals surface area (Å²) in [7, 11) is 0. The van der Waals surface area contributed by atoms with E-state index in [2.05, 4.69) is 52.9 Å². The molecule has 8 heteroatoms. The molecule has 1 aliphatic heterocycles. The maximum Gasteiger partial charge on any atom is 0.254 e. The summed E-state index contributed by atoms with van der Waals surface area (Å²) in [5.41, 5.74) is 0.550. The predicted octanol–water partition coefficient (Wildman–Crippen LogP) is 3.82. The van der Waals surface area contributed by atoms with Crippen molar-refractivity contribution in [2.45, 2.75) is 6.42 Å². The zero-order chi connectivity index (χ0) is 17.2. The number of aromatic hydroxyl groups is 1. The summed E-state index contributed by atoms with van der Waals surface area (Å²) in [6.45, 7) is 0. The third-order valence-corrected chi connectivity index (χ3v) is 6.99. The second-order valence-corrected chi connectivity index (χ2v) is 8.65. The van der Waals surface area contributed by atoms with Crippen LogP contribution < -0.4 is 0 Å². The first-order chi connectivity index (χ1) is 11.4. The monoisotopic (exact) mass is 516 g/mol. The fraction of sp³-hybridized carbons (Fsp3) is 0.312. The molecular formula is C16H11Br3N2O3. The fourth-order valence-corrected chi connectivity index (χ4v) is 6.15. The van der Waals surface area contributed by atoms with Crippen LogP contribution in [0.25, 0.3) is 0 Å². The van der Waals surface area contributed by atoms with Gasteiger partial charge in [0.2, 0.25) is 0 Å². The molecule has 4 rings (SSSR count). The molecule has 3 aliphatic rings. The Labute approximate surface area is 163 Å². The predicted molar refractivity (Wildman–Crippen MR) is 98.4 cm³/mol. The molecule has 1 heterocycles. The highest BCUT2D eigenvalue weighted by atomic mass is 79.9. The SMILES string of the molecule is O=C1[C@@H]2[C@H](C(=O)N1N=Cc1c(Br)cc(Br)c(O)c1Br)[C@H]1C=C[C@H]2C1. The van der Waals surface area contributed by atoms with E-state index in [-0.39, 0.29) is 41.2 Å². The molecule has 1 N–H and O–H groups in total. The van der Waals surface area contributed by atoms with Crippen molar-refractivity contribution in [1.82, 2.24) is 5.01 Å².